The van der Waals surface area contributed by atoms with E-state index in [1.165, 1.54) is 6.07 Å². The molecule has 0 spiro atoms. The number of carbonyl (C=O) groups excluding carboxylic acids is 1. The Balaban J connectivity index is 1.29. The van der Waals surface area contributed by atoms with Gasteiger partial charge in [0.1, 0.15) is 5.82 Å². The molecule has 0 bridgehead atoms. The summed E-state index contributed by atoms with van der Waals surface area (Å²) in [5, 5.41) is 2.95. The van der Waals surface area contributed by atoms with E-state index in [0.29, 0.717) is 29.3 Å². The van der Waals surface area contributed by atoms with Gasteiger partial charge in [-0.25, -0.2) is 4.39 Å². The molecule has 2 heterocycles. The molecule has 1 atom stereocenters. The molecular weight excluding hydrogens is 361 g/mol. The van der Waals surface area contributed by atoms with Crippen LogP contribution in [0.2, 0.25) is 0 Å². The van der Waals surface area contributed by atoms with E-state index in [0.717, 1.165) is 26.2 Å². The van der Waals surface area contributed by atoms with Gasteiger partial charge in [0.15, 0.2) is 11.5 Å². The summed E-state index contributed by atoms with van der Waals surface area (Å²) in [6.45, 7) is 5.85. The number of nitrogens with one attached hydrogen (secondary N) is 1. The Labute approximate surface area is 163 Å². The molecule has 1 amide bonds. The maximum Gasteiger partial charge on any atom is 0.241 e. The van der Waals surface area contributed by atoms with Gasteiger partial charge >= 0.3 is 0 Å². The van der Waals surface area contributed by atoms with E-state index in [4.69, 9.17) is 9.47 Å². The highest BCUT2D eigenvalue weighted by Gasteiger charge is 2.26. The first kappa shape index (κ1) is 18.7. The molecule has 0 aliphatic carbocycles. The van der Waals surface area contributed by atoms with Crippen LogP contribution in [-0.2, 0) is 11.3 Å². The molecule has 0 aromatic heterocycles. The lowest BCUT2D eigenvalue weighted by molar-refractivity contribution is -0.121. The topological polar surface area (TPSA) is 54.0 Å². The van der Waals surface area contributed by atoms with Crippen molar-refractivity contribution in [3.63, 3.8) is 0 Å². The summed E-state index contributed by atoms with van der Waals surface area (Å²) in [6, 6.07) is 12.0. The largest absolute Gasteiger partial charge is 0.454 e. The van der Waals surface area contributed by atoms with Gasteiger partial charge in [-0.2, -0.15) is 0 Å². The Bertz CT molecular complexity index is 853. The minimum atomic E-state index is -0.249. The van der Waals surface area contributed by atoms with Gasteiger partial charge in [-0.1, -0.05) is 18.2 Å². The second-order valence-electron chi connectivity index (χ2n) is 7.14. The second kappa shape index (κ2) is 8.16. The minimum Gasteiger partial charge on any atom is -0.454 e. The average molecular weight is 385 g/mol. The zero-order chi connectivity index (χ0) is 19.5. The van der Waals surface area contributed by atoms with Gasteiger partial charge in [0.2, 0.25) is 12.7 Å². The Morgan fingerprint density at radius 3 is 2.64 bits per heavy atom. The lowest BCUT2D eigenvalue weighted by atomic mass is 10.1. The van der Waals surface area contributed by atoms with Crippen LogP contribution in [0.4, 0.5) is 10.1 Å². The van der Waals surface area contributed by atoms with Crippen molar-refractivity contribution >= 4 is 11.6 Å². The van der Waals surface area contributed by atoms with Crippen molar-refractivity contribution in [2.45, 2.75) is 19.5 Å². The quantitative estimate of drug-likeness (QED) is 0.858. The van der Waals surface area contributed by atoms with Crippen LogP contribution in [0.1, 0.15) is 12.5 Å². The third kappa shape index (κ3) is 4.10. The van der Waals surface area contributed by atoms with E-state index >= 15 is 0 Å². The predicted octanol–water partition coefficient (Wildman–Crippen LogP) is 2.70. The van der Waals surface area contributed by atoms with Crippen molar-refractivity contribution < 1.29 is 18.7 Å². The number of piperazine rings is 1. The van der Waals surface area contributed by atoms with E-state index in [-0.39, 0.29) is 24.6 Å². The number of amides is 1. The van der Waals surface area contributed by atoms with Gasteiger partial charge in [0, 0.05) is 50.0 Å². The Kier molecular flexibility index (Phi) is 5.45. The Morgan fingerprint density at radius 2 is 1.86 bits per heavy atom. The maximum atomic E-state index is 13.8. The fourth-order valence-corrected chi connectivity index (χ4v) is 3.56. The van der Waals surface area contributed by atoms with Crippen molar-refractivity contribution in [2.24, 2.45) is 0 Å². The molecule has 7 heteroatoms. The Hall–Kier alpha value is -2.64. The van der Waals surface area contributed by atoms with Crippen molar-refractivity contribution in [3.8, 4) is 11.5 Å². The molecule has 0 unspecified atom stereocenters. The van der Waals surface area contributed by atoms with Crippen LogP contribution in [0, 0.1) is 5.82 Å². The number of fused-ring (bicyclic) bond motifs is 1. The highest BCUT2D eigenvalue weighted by Crippen LogP contribution is 2.34. The van der Waals surface area contributed by atoms with E-state index in [2.05, 4.69) is 15.1 Å². The third-order valence-electron chi connectivity index (χ3n) is 5.33. The highest BCUT2D eigenvalue weighted by atomic mass is 19.1. The van der Waals surface area contributed by atoms with Crippen molar-refractivity contribution in [2.75, 3.05) is 38.3 Å². The normalized spacial score (nSPS) is 18.1. The SMILES string of the molecule is C[C@@H](C(=O)Nc1ccc2c(c1)OCO2)N1CCN(Cc2ccccc2F)CC1. The Morgan fingerprint density at radius 1 is 1.11 bits per heavy atom. The molecule has 0 saturated carbocycles. The molecule has 6 nitrogen and oxygen atoms in total. The summed E-state index contributed by atoms with van der Waals surface area (Å²) >= 11 is 0. The van der Waals surface area contributed by atoms with Gasteiger partial charge in [0.05, 0.1) is 6.04 Å². The fourth-order valence-electron chi connectivity index (χ4n) is 3.56. The predicted molar refractivity (Wildman–Crippen MR) is 104 cm³/mol. The van der Waals surface area contributed by atoms with E-state index in [1.54, 1.807) is 18.2 Å². The molecule has 28 heavy (non-hydrogen) atoms. The molecular formula is C21H24FN3O3. The monoisotopic (exact) mass is 385 g/mol. The number of anilines is 1. The number of rotatable bonds is 5. The van der Waals surface area contributed by atoms with Crippen LogP contribution in [-0.4, -0.2) is 54.7 Å². The van der Waals surface area contributed by atoms with Crippen LogP contribution < -0.4 is 14.8 Å². The van der Waals surface area contributed by atoms with Gasteiger partial charge in [-0.05, 0) is 25.1 Å². The fraction of sp³-hybridized carbons (Fsp3) is 0.381. The van der Waals surface area contributed by atoms with Crippen LogP contribution in [0.3, 0.4) is 0 Å². The summed E-state index contributed by atoms with van der Waals surface area (Å²) in [5.74, 6) is 1.12. The smallest absolute Gasteiger partial charge is 0.241 e. The van der Waals surface area contributed by atoms with Gasteiger partial charge in [-0.3, -0.25) is 14.6 Å². The average Bonchev–Trinajstić information content (AvgIpc) is 3.17. The standard InChI is InChI=1S/C21H24FN3O3/c1-15(21(26)23-17-6-7-19-20(12-17)28-14-27-19)25-10-8-24(9-11-25)13-16-4-2-3-5-18(16)22/h2-7,12,15H,8-11,13-14H2,1H3,(H,23,26)/t15-/m0/s1. The summed E-state index contributed by atoms with van der Waals surface area (Å²) in [7, 11) is 0. The molecule has 1 fully saturated rings. The van der Waals surface area contributed by atoms with Crippen LogP contribution in [0.5, 0.6) is 11.5 Å². The molecule has 1 N–H and O–H groups in total. The van der Waals surface area contributed by atoms with E-state index in [9.17, 15) is 9.18 Å². The number of ether oxygens (including phenoxy) is 2. The zero-order valence-electron chi connectivity index (χ0n) is 15.9. The molecule has 0 radical (unpaired) electrons. The number of benzene rings is 2. The summed E-state index contributed by atoms with van der Waals surface area (Å²) in [4.78, 5) is 17.0. The molecule has 2 aliphatic heterocycles. The highest BCUT2D eigenvalue weighted by molar-refractivity contribution is 5.94. The number of nitrogens with zero attached hydrogens (tertiary/aromatic N) is 2. The van der Waals surface area contributed by atoms with E-state index in [1.807, 2.05) is 25.1 Å². The maximum absolute atomic E-state index is 13.8. The van der Waals surface area contributed by atoms with Crippen LogP contribution >= 0.6 is 0 Å². The summed E-state index contributed by atoms with van der Waals surface area (Å²) in [5.41, 5.74) is 1.41. The van der Waals surface area contributed by atoms with Crippen molar-refractivity contribution in [1.82, 2.24) is 9.80 Å². The zero-order valence-corrected chi connectivity index (χ0v) is 15.9. The lowest BCUT2D eigenvalue weighted by Gasteiger charge is -2.37. The number of hydrogen-bond donors (Lipinski definition) is 1. The minimum absolute atomic E-state index is 0.0542. The van der Waals surface area contributed by atoms with Crippen molar-refractivity contribution in [3.05, 3.63) is 53.8 Å². The summed E-state index contributed by atoms with van der Waals surface area (Å²) < 4.78 is 24.5. The molecule has 4 rings (SSSR count). The molecule has 2 aromatic rings. The lowest BCUT2D eigenvalue weighted by Crippen LogP contribution is -2.52. The molecule has 2 aliphatic rings. The van der Waals surface area contributed by atoms with E-state index < -0.39 is 0 Å². The molecule has 148 valence electrons. The van der Waals surface area contributed by atoms with Crippen molar-refractivity contribution in [1.29, 1.82) is 0 Å². The number of carbonyl (C=O) groups is 1. The first-order valence-electron chi connectivity index (χ1n) is 9.50. The number of hydrogen-bond acceptors (Lipinski definition) is 5. The van der Waals surface area contributed by atoms with Gasteiger partial charge in [0.25, 0.3) is 0 Å². The second-order valence-corrected chi connectivity index (χ2v) is 7.14. The third-order valence-corrected chi connectivity index (χ3v) is 5.33. The molecule has 1 saturated heterocycles. The first-order valence-corrected chi connectivity index (χ1v) is 9.50. The number of halogens is 1. The van der Waals surface area contributed by atoms with Crippen LogP contribution in [0.15, 0.2) is 42.5 Å². The first-order chi connectivity index (χ1) is 13.6. The van der Waals surface area contributed by atoms with Gasteiger partial charge in [-0.15, -0.1) is 0 Å². The van der Waals surface area contributed by atoms with Crippen LogP contribution in [0.25, 0.3) is 0 Å². The summed E-state index contributed by atoms with van der Waals surface area (Å²) in [6.07, 6.45) is 0. The molecule has 2 aromatic carbocycles. The van der Waals surface area contributed by atoms with Gasteiger partial charge < -0.3 is 14.8 Å².